The molecule has 0 amide bonds. The van der Waals surface area contributed by atoms with E-state index in [1.165, 1.54) is 16.8 Å². The zero-order chi connectivity index (χ0) is 28.3. The second kappa shape index (κ2) is 13.3. The van der Waals surface area contributed by atoms with E-state index in [1.54, 1.807) is 17.4 Å². The Balaban J connectivity index is 0.000000200. The minimum absolute atomic E-state index is 0. The second-order valence-electron chi connectivity index (χ2n) is 11.4. The molecule has 6 aromatic rings. The Kier molecular flexibility index (Phi) is 10.0. The molecule has 41 heavy (non-hydrogen) atoms. The molecule has 6 heteroatoms. The molecule has 0 saturated carbocycles. The van der Waals surface area contributed by atoms with Gasteiger partial charge in [0.05, 0.1) is 8.07 Å². The molecule has 0 aliphatic carbocycles. The maximum atomic E-state index is 13.5. The van der Waals surface area contributed by atoms with Crippen LogP contribution in [0.1, 0.15) is 19.4 Å². The third kappa shape index (κ3) is 7.44. The van der Waals surface area contributed by atoms with Gasteiger partial charge in [0.15, 0.2) is 0 Å². The number of rotatable bonds is 5. The molecule has 6 rings (SSSR count). The topological polar surface area (TPSA) is 25.8 Å². The number of pyridine rings is 2. The Morgan fingerprint density at radius 3 is 2.37 bits per heavy atom. The first-order valence-electron chi connectivity index (χ1n) is 13.6. The predicted molar refractivity (Wildman–Crippen MR) is 171 cm³/mol. The summed E-state index contributed by atoms with van der Waals surface area (Å²) in [4.78, 5) is 9.07. The van der Waals surface area contributed by atoms with E-state index >= 15 is 0 Å². The zero-order valence-electron chi connectivity index (χ0n) is 24.0. The van der Waals surface area contributed by atoms with E-state index in [2.05, 4.69) is 79.9 Å². The average molecular weight is 753 g/mol. The largest absolute Gasteiger partial charge is 0.305 e. The fourth-order valence-electron chi connectivity index (χ4n) is 4.66. The quantitative estimate of drug-likeness (QED) is 0.130. The first-order chi connectivity index (χ1) is 19.2. The van der Waals surface area contributed by atoms with Gasteiger partial charge < -0.3 is 9.97 Å². The molecule has 3 aromatic heterocycles. The van der Waals surface area contributed by atoms with Crippen molar-refractivity contribution in [2.24, 2.45) is 5.92 Å². The van der Waals surface area contributed by atoms with Crippen molar-refractivity contribution in [3.8, 4) is 22.5 Å². The standard InChI is InChI=1S/C21H17FNS.C14H16NSi.Ir/c1-13(2)10-14-8-9-23-19(11-14)18-5-3-4-17-16-7-6-15(22)12-20(16)24-21(17)18;1-16(2,3)13-9-10-14(15-11-13)12-7-5-4-6-8-12;/h3-4,6-9,11-13H,10H2,1-2H3;4-7,9-11H,1-3H3;/q2*-1;. The zero-order valence-corrected chi connectivity index (χ0v) is 28.2. The van der Waals surface area contributed by atoms with Gasteiger partial charge in [-0.25, -0.2) is 4.39 Å². The third-order valence-corrected chi connectivity index (χ3v) is 9.95. The Labute approximate surface area is 261 Å². The predicted octanol–water partition coefficient (Wildman–Crippen LogP) is 9.35. The van der Waals surface area contributed by atoms with E-state index in [1.807, 2.05) is 54.9 Å². The van der Waals surface area contributed by atoms with Gasteiger partial charge in [-0.15, -0.1) is 59.7 Å². The third-order valence-electron chi connectivity index (χ3n) is 6.73. The number of halogens is 1. The van der Waals surface area contributed by atoms with Gasteiger partial charge in [0.25, 0.3) is 0 Å². The van der Waals surface area contributed by atoms with Crippen molar-refractivity contribution in [3.05, 3.63) is 115 Å². The first kappa shape index (κ1) is 30.9. The maximum Gasteiger partial charge on any atom is 0.124 e. The first-order valence-corrected chi connectivity index (χ1v) is 17.9. The molecule has 3 heterocycles. The van der Waals surface area contributed by atoms with Crippen LogP contribution in [0.4, 0.5) is 4.39 Å². The average Bonchev–Trinajstić information content (AvgIpc) is 3.31. The minimum atomic E-state index is -1.23. The van der Waals surface area contributed by atoms with Crippen molar-refractivity contribution < 1.29 is 24.5 Å². The van der Waals surface area contributed by atoms with Crippen molar-refractivity contribution in [2.75, 3.05) is 0 Å². The van der Waals surface area contributed by atoms with Gasteiger partial charge in [-0.05, 0) is 57.2 Å². The molecule has 0 saturated heterocycles. The number of benzene rings is 3. The van der Waals surface area contributed by atoms with Crippen LogP contribution in [0.2, 0.25) is 19.6 Å². The molecule has 1 radical (unpaired) electrons. The van der Waals surface area contributed by atoms with E-state index in [0.29, 0.717) is 5.92 Å². The van der Waals surface area contributed by atoms with E-state index in [4.69, 9.17) is 0 Å². The Bertz CT molecular complexity index is 1740. The van der Waals surface area contributed by atoms with Crippen LogP contribution in [-0.4, -0.2) is 18.0 Å². The summed E-state index contributed by atoms with van der Waals surface area (Å²) < 4.78 is 15.6. The van der Waals surface area contributed by atoms with Crippen molar-refractivity contribution >= 4 is 44.8 Å². The molecule has 211 valence electrons. The van der Waals surface area contributed by atoms with Crippen LogP contribution in [-0.2, 0) is 26.5 Å². The van der Waals surface area contributed by atoms with E-state index in [0.717, 1.165) is 49.1 Å². The molecular weight excluding hydrogens is 720 g/mol. The van der Waals surface area contributed by atoms with E-state index < -0.39 is 8.07 Å². The van der Waals surface area contributed by atoms with Crippen LogP contribution in [0, 0.1) is 23.9 Å². The molecular formula is C35H33FIrN2SSi-2. The summed E-state index contributed by atoms with van der Waals surface area (Å²) in [7, 11) is -1.23. The maximum absolute atomic E-state index is 13.5. The molecule has 0 spiro atoms. The number of thiophene rings is 1. The van der Waals surface area contributed by atoms with Gasteiger partial charge in [0.2, 0.25) is 0 Å². The normalized spacial score (nSPS) is 11.3. The molecule has 0 fully saturated rings. The SMILES string of the molecule is CC(C)Cc1ccnc(-c2[c-]ccc3c2sc2cc(F)ccc23)c1.C[Si](C)(C)c1ccc(-c2[c-]cccc2)nc1.[Ir]. The van der Waals surface area contributed by atoms with Crippen molar-refractivity contribution in [2.45, 2.75) is 39.9 Å². The molecule has 0 N–H and O–H groups in total. The summed E-state index contributed by atoms with van der Waals surface area (Å²) in [5.74, 6) is 0.406. The van der Waals surface area contributed by atoms with Crippen LogP contribution in [0.5, 0.6) is 0 Å². The number of fused-ring (bicyclic) bond motifs is 3. The molecule has 0 aliphatic rings. The minimum Gasteiger partial charge on any atom is -0.305 e. The fraction of sp³-hybridized carbons (Fsp3) is 0.200. The van der Waals surface area contributed by atoms with E-state index in [-0.39, 0.29) is 25.9 Å². The van der Waals surface area contributed by atoms with Crippen LogP contribution >= 0.6 is 11.3 Å². The summed E-state index contributed by atoms with van der Waals surface area (Å²) in [6.45, 7) is 11.4. The van der Waals surface area contributed by atoms with Gasteiger partial charge in [0.1, 0.15) is 5.82 Å². The van der Waals surface area contributed by atoms with Crippen LogP contribution in [0.15, 0.2) is 91.3 Å². The molecule has 2 nitrogen and oxygen atoms in total. The van der Waals surface area contributed by atoms with Crippen LogP contribution in [0.3, 0.4) is 0 Å². The van der Waals surface area contributed by atoms with Crippen molar-refractivity contribution in [1.29, 1.82) is 0 Å². The molecule has 0 unspecified atom stereocenters. The summed E-state index contributed by atoms with van der Waals surface area (Å²) in [5, 5.41) is 3.62. The van der Waals surface area contributed by atoms with Gasteiger partial charge in [0, 0.05) is 37.2 Å². The van der Waals surface area contributed by atoms with Crippen molar-refractivity contribution in [3.63, 3.8) is 0 Å². The van der Waals surface area contributed by atoms with Crippen LogP contribution < -0.4 is 5.19 Å². The Morgan fingerprint density at radius 1 is 0.854 bits per heavy atom. The summed E-state index contributed by atoms with van der Waals surface area (Å²) in [6.07, 6.45) is 4.91. The summed E-state index contributed by atoms with van der Waals surface area (Å²) in [5.41, 5.74) is 5.28. The van der Waals surface area contributed by atoms with Gasteiger partial charge in [-0.1, -0.05) is 68.7 Å². The summed E-state index contributed by atoms with van der Waals surface area (Å²) >= 11 is 1.61. The molecule has 3 aromatic carbocycles. The molecule has 0 bridgehead atoms. The molecule has 0 atom stereocenters. The fourth-order valence-corrected chi connectivity index (χ4v) is 6.93. The van der Waals surface area contributed by atoms with Gasteiger partial charge >= 0.3 is 0 Å². The number of hydrogen-bond donors (Lipinski definition) is 0. The Morgan fingerprint density at radius 2 is 1.68 bits per heavy atom. The van der Waals surface area contributed by atoms with Gasteiger partial charge in [-0.3, -0.25) is 0 Å². The van der Waals surface area contributed by atoms with Crippen LogP contribution in [0.25, 0.3) is 42.7 Å². The van der Waals surface area contributed by atoms with Crippen molar-refractivity contribution in [1.82, 2.24) is 9.97 Å². The summed E-state index contributed by atoms with van der Waals surface area (Å²) in [6, 6.07) is 32.0. The Hall–Kier alpha value is -3.02. The molecule has 0 aliphatic heterocycles. The smallest absolute Gasteiger partial charge is 0.124 e. The second-order valence-corrected chi connectivity index (χ2v) is 17.6. The number of hydrogen-bond acceptors (Lipinski definition) is 3. The number of nitrogens with zero attached hydrogens (tertiary/aromatic N) is 2. The monoisotopic (exact) mass is 753 g/mol. The van der Waals surface area contributed by atoms with Gasteiger partial charge in [-0.2, -0.15) is 11.3 Å². The van der Waals surface area contributed by atoms with E-state index in [9.17, 15) is 4.39 Å². The number of aromatic nitrogens is 2.